The first-order chi connectivity index (χ1) is 18.6. The Morgan fingerprint density at radius 1 is 0.974 bits per heavy atom. The monoisotopic (exact) mass is 527 g/mol. The number of aromatic amines is 1. The smallest absolute Gasteiger partial charge is 0.238 e. The van der Waals surface area contributed by atoms with E-state index < -0.39 is 0 Å². The summed E-state index contributed by atoms with van der Waals surface area (Å²) < 4.78 is 0. The van der Waals surface area contributed by atoms with E-state index in [4.69, 9.17) is 11.6 Å². The lowest BCUT2D eigenvalue weighted by atomic mass is 9.53. The summed E-state index contributed by atoms with van der Waals surface area (Å²) in [5.74, 6) is 3.59. The van der Waals surface area contributed by atoms with Gasteiger partial charge < -0.3 is 15.2 Å². The highest BCUT2D eigenvalue weighted by Crippen LogP contribution is 2.56. The summed E-state index contributed by atoms with van der Waals surface area (Å²) in [5, 5.41) is 5.33. The third kappa shape index (κ3) is 3.89. The quantitative estimate of drug-likeness (QED) is 0.327. The van der Waals surface area contributed by atoms with Crippen LogP contribution in [0.2, 0.25) is 0 Å². The lowest BCUT2D eigenvalue weighted by Gasteiger charge is -2.57. The number of carbonyl (C=O) groups excluding carboxylic acids is 1. The summed E-state index contributed by atoms with van der Waals surface area (Å²) in [6.45, 7) is 0. The van der Waals surface area contributed by atoms with Gasteiger partial charge in [0.2, 0.25) is 5.91 Å². The first-order valence-corrected chi connectivity index (χ1v) is 15.5. The maximum absolute atomic E-state index is 13.4. The molecule has 2 N–H and O–H groups in total. The van der Waals surface area contributed by atoms with E-state index in [1.54, 1.807) is 0 Å². The van der Waals surface area contributed by atoms with Gasteiger partial charge >= 0.3 is 0 Å². The zero-order valence-electron chi connectivity index (χ0n) is 22.1. The van der Waals surface area contributed by atoms with Crippen molar-refractivity contribution in [2.75, 3.05) is 11.2 Å². The van der Waals surface area contributed by atoms with Crippen molar-refractivity contribution in [3.63, 3.8) is 0 Å². The number of aromatic nitrogens is 1. The number of hydrogen-bond acceptors (Lipinski definition) is 2. The minimum Gasteiger partial charge on any atom is -0.380 e. The molecule has 198 valence electrons. The van der Waals surface area contributed by atoms with Crippen LogP contribution in [0.1, 0.15) is 80.7 Å². The van der Waals surface area contributed by atoms with Crippen molar-refractivity contribution >= 4 is 34.1 Å². The number of halogens is 1. The number of fused-ring (bicyclic) bond motifs is 3. The SMILES string of the molecule is O=C(CCl)N1[C@@H](CC2CC2)Cc2c([nH]c3ccccc23)[C@@H]1c1ccc(NC23CC4CC(CC(C4)C2)C3)cc1. The van der Waals surface area contributed by atoms with E-state index in [2.05, 4.69) is 63.7 Å². The lowest BCUT2D eigenvalue weighted by molar-refractivity contribution is -0.133. The number of alkyl halides is 1. The molecule has 1 aliphatic heterocycles. The Labute approximate surface area is 230 Å². The van der Waals surface area contributed by atoms with Crippen molar-refractivity contribution in [2.24, 2.45) is 23.7 Å². The Bertz CT molecular complexity index is 1340. The molecule has 5 saturated carbocycles. The van der Waals surface area contributed by atoms with E-state index in [0.717, 1.165) is 42.0 Å². The Morgan fingerprint density at radius 3 is 2.32 bits per heavy atom. The van der Waals surface area contributed by atoms with Crippen molar-refractivity contribution in [1.82, 2.24) is 9.88 Å². The zero-order valence-corrected chi connectivity index (χ0v) is 22.9. The number of nitrogens with zero attached hydrogens (tertiary/aromatic N) is 1. The van der Waals surface area contributed by atoms with Gasteiger partial charge in [0, 0.05) is 33.9 Å². The molecule has 9 rings (SSSR count). The molecule has 0 saturated heterocycles. The normalized spacial score (nSPS) is 33.5. The number of benzene rings is 2. The molecule has 4 bridgehead atoms. The number of nitrogens with one attached hydrogen (secondary N) is 2. The van der Waals surface area contributed by atoms with Crippen molar-refractivity contribution < 1.29 is 4.79 Å². The van der Waals surface area contributed by atoms with Crippen LogP contribution in [0.5, 0.6) is 0 Å². The van der Waals surface area contributed by atoms with Crippen LogP contribution < -0.4 is 5.32 Å². The third-order valence-electron chi connectivity index (χ3n) is 10.6. The van der Waals surface area contributed by atoms with Crippen LogP contribution >= 0.6 is 11.6 Å². The Hall–Kier alpha value is -2.46. The molecule has 6 aliphatic rings. The fraction of sp³-hybridized carbons (Fsp3) is 0.545. The molecule has 0 spiro atoms. The standard InChI is InChI=1S/C33H38ClN3O/c34-19-30(38)37-26(14-20-5-6-20)15-28-27-3-1-2-4-29(27)35-31(28)32(37)24-7-9-25(10-8-24)36-33-16-21-11-22(17-33)13-23(12-21)18-33/h1-4,7-10,20-23,26,32,35-36H,5-6,11-19H2/t21?,22?,23?,26-,32-,33?/m0/s1. The largest absolute Gasteiger partial charge is 0.380 e. The molecular formula is C33H38ClN3O. The van der Waals surface area contributed by atoms with Crippen LogP contribution in [-0.2, 0) is 11.2 Å². The fourth-order valence-corrected chi connectivity index (χ4v) is 9.49. The minimum atomic E-state index is -0.130. The summed E-state index contributed by atoms with van der Waals surface area (Å²) in [4.78, 5) is 19.3. The molecule has 2 atom stereocenters. The van der Waals surface area contributed by atoms with Gasteiger partial charge in [-0.05, 0) is 104 Å². The number of hydrogen-bond donors (Lipinski definition) is 2. The van der Waals surface area contributed by atoms with Crippen LogP contribution in [0.15, 0.2) is 48.5 Å². The van der Waals surface area contributed by atoms with E-state index in [1.165, 1.54) is 79.3 Å². The highest BCUT2D eigenvalue weighted by molar-refractivity contribution is 6.27. The van der Waals surface area contributed by atoms with Gasteiger partial charge in [0.05, 0.1) is 6.04 Å². The van der Waals surface area contributed by atoms with Gasteiger partial charge in [-0.3, -0.25) is 4.79 Å². The van der Waals surface area contributed by atoms with Gasteiger partial charge in [-0.15, -0.1) is 11.6 Å². The number of rotatable bonds is 6. The summed E-state index contributed by atoms with van der Waals surface area (Å²) in [7, 11) is 0. The molecule has 1 amide bonds. The second-order valence-corrected chi connectivity index (χ2v) is 13.6. The van der Waals surface area contributed by atoms with Crippen LogP contribution in [-0.4, -0.2) is 33.3 Å². The average Bonchev–Trinajstić information content (AvgIpc) is 3.65. The zero-order chi connectivity index (χ0) is 25.4. The average molecular weight is 528 g/mol. The van der Waals surface area contributed by atoms with Crippen LogP contribution in [0.3, 0.4) is 0 Å². The highest BCUT2D eigenvalue weighted by atomic mass is 35.5. The summed E-state index contributed by atoms with van der Waals surface area (Å²) in [5.41, 5.74) is 6.40. The molecule has 1 aromatic heterocycles. The van der Waals surface area contributed by atoms with Crippen molar-refractivity contribution in [3.8, 4) is 0 Å². The highest BCUT2D eigenvalue weighted by Gasteiger charge is 2.51. The molecule has 38 heavy (non-hydrogen) atoms. The van der Waals surface area contributed by atoms with E-state index in [-0.39, 0.29) is 23.9 Å². The van der Waals surface area contributed by atoms with Crippen molar-refractivity contribution in [1.29, 1.82) is 0 Å². The van der Waals surface area contributed by atoms with E-state index in [1.807, 2.05) is 0 Å². The van der Waals surface area contributed by atoms with Crippen LogP contribution in [0.4, 0.5) is 5.69 Å². The number of amides is 1. The third-order valence-corrected chi connectivity index (χ3v) is 10.8. The number of para-hydroxylation sites is 1. The van der Waals surface area contributed by atoms with E-state index in [0.29, 0.717) is 5.54 Å². The molecule has 5 fully saturated rings. The molecule has 0 radical (unpaired) electrons. The van der Waals surface area contributed by atoms with Crippen molar-refractivity contribution in [2.45, 2.75) is 81.8 Å². The van der Waals surface area contributed by atoms with Gasteiger partial charge in [-0.25, -0.2) is 0 Å². The number of anilines is 1. The Morgan fingerprint density at radius 2 is 1.66 bits per heavy atom. The predicted octanol–water partition coefficient (Wildman–Crippen LogP) is 7.43. The van der Waals surface area contributed by atoms with Gasteiger partial charge in [-0.2, -0.15) is 0 Å². The lowest BCUT2D eigenvalue weighted by Crippen LogP contribution is -2.54. The maximum atomic E-state index is 13.4. The summed E-state index contributed by atoms with van der Waals surface area (Å²) in [6, 6.07) is 17.7. The summed E-state index contributed by atoms with van der Waals surface area (Å²) >= 11 is 6.25. The summed E-state index contributed by atoms with van der Waals surface area (Å²) in [6.07, 6.45) is 12.9. The first kappa shape index (κ1) is 23.4. The second kappa shape index (κ2) is 8.78. The fourth-order valence-electron chi connectivity index (χ4n) is 9.36. The van der Waals surface area contributed by atoms with E-state index in [9.17, 15) is 4.79 Å². The van der Waals surface area contributed by atoms with Crippen LogP contribution in [0.25, 0.3) is 10.9 Å². The van der Waals surface area contributed by atoms with Gasteiger partial charge in [-0.1, -0.05) is 43.2 Å². The minimum absolute atomic E-state index is 0.0267. The molecule has 2 aromatic carbocycles. The number of H-pyrrole nitrogens is 1. The van der Waals surface area contributed by atoms with Crippen LogP contribution in [0, 0.1) is 23.7 Å². The number of carbonyl (C=O) groups is 1. The predicted molar refractivity (Wildman–Crippen MR) is 154 cm³/mol. The molecule has 5 heteroatoms. The van der Waals surface area contributed by atoms with Gasteiger partial charge in [0.1, 0.15) is 5.88 Å². The maximum Gasteiger partial charge on any atom is 0.238 e. The second-order valence-electron chi connectivity index (χ2n) is 13.4. The Balaban J connectivity index is 1.16. The molecule has 2 heterocycles. The molecule has 5 aliphatic carbocycles. The topological polar surface area (TPSA) is 48.1 Å². The molecule has 3 aromatic rings. The molecule has 0 unspecified atom stereocenters. The van der Waals surface area contributed by atoms with Crippen molar-refractivity contribution in [3.05, 3.63) is 65.4 Å². The Kier molecular flexibility index (Phi) is 5.41. The van der Waals surface area contributed by atoms with Gasteiger partial charge in [0.15, 0.2) is 0 Å². The molecular weight excluding hydrogens is 490 g/mol. The van der Waals surface area contributed by atoms with E-state index >= 15 is 0 Å². The molecule has 4 nitrogen and oxygen atoms in total. The first-order valence-electron chi connectivity index (χ1n) is 14.9. The van der Waals surface area contributed by atoms with Gasteiger partial charge in [0.25, 0.3) is 0 Å².